The van der Waals surface area contributed by atoms with Crippen LogP contribution in [-0.2, 0) is 11.3 Å². The van der Waals surface area contributed by atoms with Crippen LogP contribution in [0.15, 0.2) is 29.3 Å². The van der Waals surface area contributed by atoms with E-state index in [4.69, 9.17) is 9.73 Å². The van der Waals surface area contributed by atoms with E-state index in [1.54, 1.807) is 0 Å². The fourth-order valence-electron chi connectivity index (χ4n) is 2.56. The minimum atomic E-state index is 0.297. The highest BCUT2D eigenvalue weighted by Gasteiger charge is 2.16. The highest BCUT2D eigenvalue weighted by molar-refractivity contribution is 5.79. The molecule has 0 radical (unpaired) electrons. The first-order chi connectivity index (χ1) is 10.2. The van der Waals surface area contributed by atoms with Crippen LogP contribution >= 0.6 is 0 Å². The van der Waals surface area contributed by atoms with E-state index < -0.39 is 0 Å². The molecule has 1 unspecified atom stereocenters. The van der Waals surface area contributed by atoms with Gasteiger partial charge in [-0.25, -0.2) is 0 Å². The summed E-state index contributed by atoms with van der Waals surface area (Å²) in [5.41, 5.74) is 2.65. The summed E-state index contributed by atoms with van der Waals surface area (Å²) < 4.78 is 5.65. The number of guanidine groups is 1. The highest BCUT2D eigenvalue weighted by atomic mass is 16.5. The molecular formula is C17H27N3O. The number of benzene rings is 1. The third kappa shape index (κ3) is 4.74. The summed E-state index contributed by atoms with van der Waals surface area (Å²) in [5.74, 6) is 0.955. The second-order valence-corrected chi connectivity index (χ2v) is 5.61. The summed E-state index contributed by atoms with van der Waals surface area (Å²) in [6.07, 6.45) is 2.59. The van der Waals surface area contributed by atoms with Crippen molar-refractivity contribution in [2.45, 2.75) is 39.3 Å². The smallest absolute Gasteiger partial charge is 0.194 e. The van der Waals surface area contributed by atoms with E-state index >= 15 is 0 Å². The Labute approximate surface area is 128 Å². The molecule has 0 amide bonds. The summed E-state index contributed by atoms with van der Waals surface area (Å²) in [4.78, 5) is 6.91. The Morgan fingerprint density at radius 1 is 1.43 bits per heavy atom. The fourth-order valence-corrected chi connectivity index (χ4v) is 2.56. The molecule has 116 valence electrons. The molecule has 1 aliphatic heterocycles. The van der Waals surface area contributed by atoms with Gasteiger partial charge >= 0.3 is 0 Å². The molecule has 2 rings (SSSR count). The molecular weight excluding hydrogens is 262 g/mol. The summed E-state index contributed by atoms with van der Waals surface area (Å²) in [6, 6.07) is 8.50. The van der Waals surface area contributed by atoms with Gasteiger partial charge in [-0.05, 0) is 37.8 Å². The molecule has 21 heavy (non-hydrogen) atoms. The van der Waals surface area contributed by atoms with Crippen LogP contribution in [0, 0.1) is 6.92 Å². The summed E-state index contributed by atoms with van der Waals surface area (Å²) in [6.45, 7) is 7.63. The SMILES string of the molecule is CCNC(=NCC1CCCO1)N(C)Cc1ccccc1C. The normalized spacial score (nSPS) is 18.8. The summed E-state index contributed by atoms with van der Waals surface area (Å²) in [5, 5.41) is 3.37. The van der Waals surface area contributed by atoms with E-state index in [2.05, 4.69) is 55.4 Å². The molecule has 1 saturated heterocycles. The van der Waals surface area contributed by atoms with Crippen molar-refractivity contribution in [2.75, 3.05) is 26.7 Å². The van der Waals surface area contributed by atoms with E-state index in [1.807, 2.05) is 0 Å². The molecule has 4 nitrogen and oxygen atoms in total. The van der Waals surface area contributed by atoms with Crippen molar-refractivity contribution in [3.8, 4) is 0 Å². The van der Waals surface area contributed by atoms with Crippen LogP contribution < -0.4 is 5.32 Å². The van der Waals surface area contributed by atoms with Gasteiger partial charge in [0.15, 0.2) is 5.96 Å². The molecule has 1 aliphatic rings. The quantitative estimate of drug-likeness (QED) is 0.668. The second-order valence-electron chi connectivity index (χ2n) is 5.61. The second kappa shape index (κ2) is 8.03. The van der Waals surface area contributed by atoms with Crippen LogP contribution in [-0.4, -0.2) is 43.7 Å². The van der Waals surface area contributed by atoms with E-state index in [9.17, 15) is 0 Å². The summed E-state index contributed by atoms with van der Waals surface area (Å²) in [7, 11) is 2.09. The zero-order valence-corrected chi connectivity index (χ0v) is 13.4. The predicted octanol–water partition coefficient (Wildman–Crippen LogP) is 2.57. The van der Waals surface area contributed by atoms with Gasteiger partial charge in [0.2, 0.25) is 0 Å². The highest BCUT2D eigenvalue weighted by Crippen LogP contribution is 2.13. The maximum atomic E-state index is 5.65. The number of aryl methyl sites for hydroxylation is 1. The Balaban J connectivity index is 1.99. The lowest BCUT2D eigenvalue weighted by molar-refractivity contribution is 0.117. The summed E-state index contributed by atoms with van der Waals surface area (Å²) >= 11 is 0. The van der Waals surface area contributed by atoms with Crippen LogP contribution in [0.25, 0.3) is 0 Å². The Bertz CT molecular complexity index is 467. The lowest BCUT2D eigenvalue weighted by Crippen LogP contribution is -2.39. The molecule has 1 aromatic rings. The molecule has 0 bridgehead atoms. The molecule has 1 atom stereocenters. The van der Waals surface area contributed by atoms with Gasteiger partial charge in [-0.3, -0.25) is 4.99 Å². The first-order valence-electron chi connectivity index (χ1n) is 7.86. The molecule has 0 aromatic heterocycles. The number of hydrogen-bond donors (Lipinski definition) is 1. The number of nitrogens with one attached hydrogen (secondary N) is 1. The van der Waals surface area contributed by atoms with Gasteiger partial charge in [-0.1, -0.05) is 24.3 Å². The predicted molar refractivity (Wildman–Crippen MR) is 87.6 cm³/mol. The standard InChI is InChI=1S/C17H27N3O/c1-4-18-17(19-12-16-10-7-11-21-16)20(3)13-15-9-6-5-8-14(15)2/h5-6,8-9,16H,4,7,10-13H2,1-3H3,(H,18,19). The third-order valence-electron chi connectivity index (χ3n) is 3.83. The molecule has 1 fully saturated rings. The van der Waals surface area contributed by atoms with E-state index in [-0.39, 0.29) is 0 Å². The number of nitrogens with zero attached hydrogens (tertiary/aromatic N) is 2. The van der Waals surface area contributed by atoms with Crippen molar-refractivity contribution in [1.29, 1.82) is 0 Å². The lowest BCUT2D eigenvalue weighted by atomic mass is 10.1. The zero-order valence-electron chi connectivity index (χ0n) is 13.4. The van der Waals surface area contributed by atoms with E-state index in [0.29, 0.717) is 6.10 Å². The van der Waals surface area contributed by atoms with Crippen LogP contribution in [0.4, 0.5) is 0 Å². The van der Waals surface area contributed by atoms with Crippen LogP contribution in [0.2, 0.25) is 0 Å². The Morgan fingerprint density at radius 3 is 2.90 bits per heavy atom. The minimum Gasteiger partial charge on any atom is -0.376 e. The van der Waals surface area contributed by atoms with Crippen molar-refractivity contribution in [1.82, 2.24) is 10.2 Å². The van der Waals surface area contributed by atoms with Crippen molar-refractivity contribution < 1.29 is 4.74 Å². The monoisotopic (exact) mass is 289 g/mol. The average Bonchev–Trinajstić information content (AvgIpc) is 2.99. The van der Waals surface area contributed by atoms with Crippen LogP contribution in [0.5, 0.6) is 0 Å². The first kappa shape index (κ1) is 15.8. The van der Waals surface area contributed by atoms with Gasteiger partial charge in [0.1, 0.15) is 0 Å². The van der Waals surface area contributed by atoms with Crippen LogP contribution in [0.1, 0.15) is 30.9 Å². The number of hydrogen-bond acceptors (Lipinski definition) is 2. The van der Waals surface area contributed by atoms with E-state index in [0.717, 1.165) is 45.0 Å². The topological polar surface area (TPSA) is 36.9 Å². The van der Waals surface area contributed by atoms with E-state index in [1.165, 1.54) is 11.1 Å². The molecule has 0 spiro atoms. The average molecular weight is 289 g/mol. The molecule has 1 N–H and O–H groups in total. The fraction of sp³-hybridized carbons (Fsp3) is 0.588. The molecule has 0 aliphatic carbocycles. The van der Waals surface area contributed by atoms with Gasteiger partial charge in [-0.2, -0.15) is 0 Å². The van der Waals surface area contributed by atoms with Crippen molar-refractivity contribution in [3.05, 3.63) is 35.4 Å². The van der Waals surface area contributed by atoms with Gasteiger partial charge in [0.05, 0.1) is 12.6 Å². The molecule has 1 aromatic carbocycles. The molecule has 0 saturated carbocycles. The van der Waals surface area contributed by atoms with Crippen molar-refractivity contribution in [2.24, 2.45) is 4.99 Å². The van der Waals surface area contributed by atoms with Gasteiger partial charge < -0.3 is 15.0 Å². The zero-order chi connectivity index (χ0) is 15.1. The number of ether oxygens (including phenoxy) is 1. The largest absolute Gasteiger partial charge is 0.376 e. The molecule has 4 heteroatoms. The van der Waals surface area contributed by atoms with Crippen molar-refractivity contribution >= 4 is 5.96 Å². The van der Waals surface area contributed by atoms with Crippen LogP contribution in [0.3, 0.4) is 0 Å². The third-order valence-corrected chi connectivity index (χ3v) is 3.83. The Morgan fingerprint density at radius 2 is 2.24 bits per heavy atom. The lowest BCUT2D eigenvalue weighted by Gasteiger charge is -2.23. The number of rotatable bonds is 5. The van der Waals surface area contributed by atoms with Crippen molar-refractivity contribution in [3.63, 3.8) is 0 Å². The first-order valence-corrected chi connectivity index (χ1v) is 7.86. The maximum absolute atomic E-state index is 5.65. The van der Waals surface area contributed by atoms with Gasteiger partial charge in [0, 0.05) is 26.7 Å². The van der Waals surface area contributed by atoms with Gasteiger partial charge in [-0.15, -0.1) is 0 Å². The Hall–Kier alpha value is -1.55. The Kier molecular flexibility index (Phi) is 6.05. The van der Waals surface area contributed by atoms with Gasteiger partial charge in [0.25, 0.3) is 0 Å². The minimum absolute atomic E-state index is 0.297. The number of aliphatic imine (C=N–C) groups is 1. The molecule has 1 heterocycles. The maximum Gasteiger partial charge on any atom is 0.194 e.